The number of hydrogen-bond acceptors (Lipinski definition) is 1. The minimum Gasteiger partial charge on any atom is -0.202 e. The van der Waals surface area contributed by atoms with E-state index in [0.717, 1.165) is 0 Å². The highest BCUT2D eigenvalue weighted by Gasteiger charge is 2.31. The first-order chi connectivity index (χ1) is 9.27. The van der Waals surface area contributed by atoms with Crippen LogP contribution in [0.3, 0.4) is 0 Å². The summed E-state index contributed by atoms with van der Waals surface area (Å²) in [7, 11) is 0. The Labute approximate surface area is 112 Å². The molecule has 0 saturated carbocycles. The molecule has 0 bridgehead atoms. The van der Waals surface area contributed by atoms with Crippen molar-refractivity contribution in [3.8, 4) is 11.1 Å². The van der Waals surface area contributed by atoms with Crippen LogP contribution in [0.4, 0.5) is 5.69 Å². The maximum Gasteiger partial charge on any atom is 0.0996 e. The van der Waals surface area contributed by atoms with Gasteiger partial charge in [-0.15, -0.1) is 0 Å². The number of hydrogen-bond donors (Lipinski definition) is 0. The molecule has 2 aliphatic rings. The molecule has 2 aliphatic heterocycles. The number of aryl methyl sites for hydroxylation is 1. The summed E-state index contributed by atoms with van der Waals surface area (Å²) in [5.41, 5.74) is 7.54. The van der Waals surface area contributed by atoms with Crippen LogP contribution in [-0.4, -0.2) is 11.4 Å². The van der Waals surface area contributed by atoms with Gasteiger partial charge in [0.05, 0.1) is 18.9 Å². The van der Waals surface area contributed by atoms with Gasteiger partial charge >= 0.3 is 0 Å². The molecule has 92 valence electrons. The van der Waals surface area contributed by atoms with Crippen LogP contribution in [0.25, 0.3) is 16.8 Å². The molecule has 0 unspecified atom stereocenters. The van der Waals surface area contributed by atoms with Gasteiger partial charge in [-0.1, -0.05) is 48.5 Å². The zero-order valence-corrected chi connectivity index (χ0v) is 10.8. The molecule has 0 radical (unpaired) electrons. The molecule has 0 aromatic heterocycles. The number of fused-ring (bicyclic) bond motifs is 6. The Kier molecular flexibility index (Phi) is 1.93. The van der Waals surface area contributed by atoms with Crippen molar-refractivity contribution in [3.63, 3.8) is 0 Å². The van der Waals surface area contributed by atoms with Crippen LogP contribution in [-0.2, 0) is 0 Å². The van der Waals surface area contributed by atoms with Crippen molar-refractivity contribution in [2.75, 3.05) is 5.01 Å². The quantitative estimate of drug-likeness (QED) is 0.508. The standard InChI is InChI=1S/C17H14N2/c1-12-6-5-9-15-13-7-3-4-8-14(13)16-10-11-18(2)19(16)17(12)15/h3-11H,2H2,1H3. The Morgan fingerprint density at radius 1 is 1.00 bits per heavy atom. The fourth-order valence-electron chi connectivity index (χ4n) is 2.98. The van der Waals surface area contributed by atoms with Crippen molar-refractivity contribution in [3.05, 3.63) is 66.2 Å². The summed E-state index contributed by atoms with van der Waals surface area (Å²) < 4.78 is 1.90. The lowest BCUT2D eigenvalue weighted by atomic mass is 9.90. The maximum absolute atomic E-state index is 4.09. The van der Waals surface area contributed by atoms with Gasteiger partial charge in [0.1, 0.15) is 0 Å². The van der Waals surface area contributed by atoms with E-state index in [9.17, 15) is 0 Å². The molecule has 2 aromatic rings. The van der Waals surface area contributed by atoms with Gasteiger partial charge in [0.2, 0.25) is 0 Å². The predicted octanol–water partition coefficient (Wildman–Crippen LogP) is 3.63. The Balaban J connectivity index is 2.13. The molecule has 0 aliphatic carbocycles. The highest BCUT2D eigenvalue weighted by atomic mass is 15.6. The van der Waals surface area contributed by atoms with Crippen LogP contribution in [0.5, 0.6) is 0 Å². The SMILES string of the molecule is C=[N+]1[CH-]C=C2c3ccccc3-c3cccc(C)c3N21. The van der Waals surface area contributed by atoms with E-state index in [0.29, 0.717) is 0 Å². The first-order valence-corrected chi connectivity index (χ1v) is 6.42. The van der Waals surface area contributed by atoms with Crippen molar-refractivity contribution < 1.29 is 4.68 Å². The van der Waals surface area contributed by atoms with Crippen LogP contribution < -0.4 is 5.01 Å². The van der Waals surface area contributed by atoms with E-state index in [4.69, 9.17) is 0 Å². The Morgan fingerprint density at radius 3 is 2.58 bits per heavy atom. The number of hydrazine groups is 1. The summed E-state index contributed by atoms with van der Waals surface area (Å²) in [6, 6.07) is 15.0. The van der Waals surface area contributed by atoms with Crippen molar-refractivity contribution in [2.45, 2.75) is 6.92 Å². The van der Waals surface area contributed by atoms with E-state index < -0.39 is 0 Å². The molecule has 2 nitrogen and oxygen atoms in total. The molecule has 4 rings (SSSR count). The first kappa shape index (κ1) is 10.4. The van der Waals surface area contributed by atoms with Gasteiger partial charge in [0.15, 0.2) is 0 Å². The normalized spacial score (nSPS) is 15.3. The molecule has 0 fully saturated rings. The van der Waals surface area contributed by atoms with Gasteiger partial charge < -0.3 is 0 Å². The smallest absolute Gasteiger partial charge is 0.0996 e. The van der Waals surface area contributed by atoms with Crippen LogP contribution >= 0.6 is 0 Å². The minimum absolute atomic E-state index is 1.20. The average molecular weight is 246 g/mol. The molecule has 0 N–H and O–H groups in total. The lowest BCUT2D eigenvalue weighted by Crippen LogP contribution is -2.29. The number of nitrogens with zero attached hydrogens (tertiary/aromatic N) is 2. The van der Waals surface area contributed by atoms with Crippen LogP contribution in [0, 0.1) is 13.5 Å². The number of benzene rings is 2. The molecule has 0 spiro atoms. The summed E-state index contributed by atoms with van der Waals surface area (Å²) >= 11 is 0. The molecule has 19 heavy (non-hydrogen) atoms. The fourth-order valence-corrected chi connectivity index (χ4v) is 2.98. The topological polar surface area (TPSA) is 6.25 Å². The predicted molar refractivity (Wildman–Crippen MR) is 78.8 cm³/mol. The van der Waals surface area contributed by atoms with Crippen molar-refractivity contribution in [1.82, 2.24) is 0 Å². The summed E-state index contributed by atoms with van der Waals surface area (Å²) in [6.45, 7) is 8.24. The molecule has 2 aromatic carbocycles. The molecule has 0 saturated heterocycles. The van der Waals surface area contributed by atoms with Crippen LogP contribution in [0.2, 0.25) is 0 Å². The maximum atomic E-state index is 4.09. The number of hydrazone groups is 1. The number of rotatable bonds is 0. The Hall–Kier alpha value is -2.48. The molecule has 0 atom stereocenters. The third-order valence-electron chi connectivity index (χ3n) is 3.83. The summed E-state index contributed by atoms with van der Waals surface area (Å²) in [6.07, 6.45) is 2.13. The van der Waals surface area contributed by atoms with Crippen molar-refractivity contribution >= 4 is 18.1 Å². The van der Waals surface area contributed by atoms with Gasteiger partial charge in [-0.05, 0) is 23.6 Å². The van der Waals surface area contributed by atoms with E-state index in [1.54, 1.807) is 0 Å². The van der Waals surface area contributed by atoms with Crippen LogP contribution in [0.1, 0.15) is 11.1 Å². The molecular formula is C17H14N2. The second kappa shape index (κ2) is 3.51. The highest BCUT2D eigenvalue weighted by Crippen LogP contribution is 2.47. The van der Waals surface area contributed by atoms with Gasteiger partial charge in [-0.25, -0.2) is 4.68 Å². The van der Waals surface area contributed by atoms with E-state index in [-0.39, 0.29) is 0 Å². The van der Waals surface area contributed by atoms with Gasteiger partial charge in [-0.2, -0.15) is 5.01 Å². The third-order valence-corrected chi connectivity index (χ3v) is 3.83. The molecular weight excluding hydrogens is 232 g/mol. The van der Waals surface area contributed by atoms with Gasteiger partial charge in [-0.3, -0.25) is 0 Å². The Morgan fingerprint density at radius 2 is 1.74 bits per heavy atom. The summed E-state index contributed by atoms with van der Waals surface area (Å²) in [5.74, 6) is 0. The molecule has 0 amide bonds. The van der Waals surface area contributed by atoms with Gasteiger partial charge in [0, 0.05) is 11.3 Å². The second-order valence-corrected chi connectivity index (χ2v) is 4.97. The lowest BCUT2D eigenvalue weighted by molar-refractivity contribution is -0.467. The largest absolute Gasteiger partial charge is 0.202 e. The van der Waals surface area contributed by atoms with Crippen molar-refractivity contribution in [2.24, 2.45) is 0 Å². The second-order valence-electron chi connectivity index (χ2n) is 4.97. The molecule has 2 heterocycles. The lowest BCUT2D eigenvalue weighted by Gasteiger charge is -2.32. The van der Waals surface area contributed by atoms with Crippen LogP contribution in [0.15, 0.2) is 48.5 Å². The van der Waals surface area contributed by atoms with E-state index >= 15 is 0 Å². The minimum atomic E-state index is 1.20. The average Bonchev–Trinajstić information content (AvgIpc) is 2.82. The zero-order valence-electron chi connectivity index (χ0n) is 10.8. The molecule has 2 heteroatoms. The first-order valence-electron chi connectivity index (χ1n) is 6.42. The summed E-state index contributed by atoms with van der Waals surface area (Å²) in [4.78, 5) is 0. The van der Waals surface area contributed by atoms with E-state index in [1.165, 1.54) is 33.6 Å². The number of anilines is 1. The van der Waals surface area contributed by atoms with Gasteiger partial charge in [0.25, 0.3) is 0 Å². The Bertz CT molecular complexity index is 741. The highest BCUT2D eigenvalue weighted by molar-refractivity contribution is 5.99. The fraction of sp³-hybridized carbons (Fsp3) is 0.0588. The summed E-state index contributed by atoms with van der Waals surface area (Å²) in [5, 5.41) is 2.19. The monoisotopic (exact) mass is 246 g/mol. The third kappa shape index (κ3) is 1.26. The zero-order chi connectivity index (χ0) is 13.0. The number of para-hydroxylation sites is 1. The van der Waals surface area contributed by atoms with E-state index in [1.807, 2.05) is 11.2 Å². The van der Waals surface area contributed by atoms with E-state index in [2.05, 4.69) is 67.2 Å². The van der Waals surface area contributed by atoms with Crippen molar-refractivity contribution in [1.29, 1.82) is 0 Å².